The topological polar surface area (TPSA) is 103 Å². The van der Waals surface area contributed by atoms with Gasteiger partial charge in [-0.2, -0.15) is 0 Å². The number of methoxy groups -OCH3 is 1. The summed E-state index contributed by atoms with van der Waals surface area (Å²) in [5, 5.41) is 4.01. The van der Waals surface area contributed by atoms with Crippen molar-refractivity contribution in [3.63, 3.8) is 0 Å². The molecule has 1 N–H and O–H groups in total. The van der Waals surface area contributed by atoms with Crippen molar-refractivity contribution in [3.05, 3.63) is 101 Å². The van der Waals surface area contributed by atoms with Crippen molar-refractivity contribution in [2.75, 3.05) is 11.8 Å². The molecule has 0 saturated carbocycles. The highest BCUT2D eigenvalue weighted by Gasteiger charge is 2.22. The van der Waals surface area contributed by atoms with E-state index in [1.807, 2.05) is 18.2 Å². The molecular formula is C26H20FN3O5S. The number of anilines is 1. The van der Waals surface area contributed by atoms with Crippen LogP contribution >= 0.6 is 0 Å². The van der Waals surface area contributed by atoms with Gasteiger partial charge in [0.1, 0.15) is 17.8 Å². The Kier molecular flexibility index (Phi) is 5.81. The number of benzene rings is 3. The van der Waals surface area contributed by atoms with Gasteiger partial charge in [0.2, 0.25) is 0 Å². The summed E-state index contributed by atoms with van der Waals surface area (Å²) in [4.78, 5) is 13.0. The van der Waals surface area contributed by atoms with Crippen LogP contribution in [0, 0.1) is 12.7 Å². The van der Waals surface area contributed by atoms with Crippen molar-refractivity contribution in [3.8, 4) is 22.6 Å². The zero-order chi connectivity index (χ0) is 25.4. The molecule has 2 aromatic heterocycles. The summed E-state index contributed by atoms with van der Waals surface area (Å²) in [7, 11) is -2.53. The predicted octanol–water partition coefficient (Wildman–Crippen LogP) is 4.90. The van der Waals surface area contributed by atoms with Gasteiger partial charge >= 0.3 is 0 Å². The van der Waals surface area contributed by atoms with Gasteiger partial charge in [0.05, 0.1) is 23.2 Å². The quantitative estimate of drug-likeness (QED) is 0.352. The van der Waals surface area contributed by atoms with Crippen LogP contribution in [0.1, 0.15) is 5.56 Å². The molecular weight excluding hydrogens is 485 g/mol. The monoisotopic (exact) mass is 505 g/mol. The van der Waals surface area contributed by atoms with Gasteiger partial charge in [0.15, 0.2) is 5.82 Å². The fourth-order valence-corrected chi connectivity index (χ4v) is 5.13. The largest absolute Gasteiger partial charge is 0.495 e. The summed E-state index contributed by atoms with van der Waals surface area (Å²) in [6, 6.07) is 19.0. The number of ether oxygens (including phenoxy) is 1. The fourth-order valence-electron chi connectivity index (χ4n) is 4.10. The molecule has 8 nitrogen and oxygen atoms in total. The molecule has 5 aromatic rings. The standard InChI is InChI=1S/C26H20FN3O5S/c1-16-25(27)20(17-6-4-3-5-7-17)15-22(34-2)26(16)30-21-10-9-19(14-18(21)8-11-24(30)31)36(32,33)29-23-12-13-35-28-23/h3-15H,1-2H3,(H,28,29). The van der Waals surface area contributed by atoms with Gasteiger partial charge in [-0.25, -0.2) is 12.8 Å². The fraction of sp³-hybridized carbons (Fsp3) is 0.0769. The number of nitrogens with zero attached hydrogens (tertiary/aromatic N) is 2. The van der Waals surface area contributed by atoms with Crippen LogP contribution in [0.15, 0.2) is 93.3 Å². The number of rotatable bonds is 6. The van der Waals surface area contributed by atoms with Crippen molar-refractivity contribution in [1.29, 1.82) is 0 Å². The second-order valence-corrected chi connectivity index (χ2v) is 9.68. The first kappa shape index (κ1) is 23.3. The molecule has 0 spiro atoms. The summed E-state index contributed by atoms with van der Waals surface area (Å²) in [6.07, 6.45) is 1.24. The molecule has 0 bridgehead atoms. The van der Waals surface area contributed by atoms with E-state index in [1.54, 1.807) is 25.1 Å². The van der Waals surface area contributed by atoms with Crippen molar-refractivity contribution in [2.24, 2.45) is 0 Å². The van der Waals surface area contributed by atoms with Gasteiger partial charge in [-0.15, -0.1) is 0 Å². The molecule has 0 fully saturated rings. The summed E-state index contributed by atoms with van der Waals surface area (Å²) in [6.45, 7) is 1.57. The Morgan fingerprint density at radius 3 is 2.50 bits per heavy atom. The lowest BCUT2D eigenvalue weighted by molar-refractivity contribution is 0.411. The zero-order valence-corrected chi connectivity index (χ0v) is 20.0. The Morgan fingerprint density at radius 2 is 1.81 bits per heavy atom. The maximum absolute atomic E-state index is 15.6. The molecule has 0 saturated heterocycles. The number of halogens is 1. The lowest BCUT2D eigenvalue weighted by atomic mass is 10.00. The number of fused-ring (bicyclic) bond motifs is 1. The van der Waals surface area contributed by atoms with E-state index >= 15 is 4.39 Å². The van der Waals surface area contributed by atoms with Crippen molar-refractivity contribution < 1.29 is 22.1 Å². The van der Waals surface area contributed by atoms with Crippen LogP contribution in [0.3, 0.4) is 0 Å². The maximum atomic E-state index is 15.6. The van der Waals surface area contributed by atoms with Crippen LogP contribution in [0.4, 0.5) is 10.2 Å². The Bertz CT molecular complexity index is 1750. The molecule has 3 aromatic carbocycles. The zero-order valence-electron chi connectivity index (χ0n) is 19.2. The van der Waals surface area contributed by atoms with E-state index in [4.69, 9.17) is 4.74 Å². The third-order valence-corrected chi connectivity index (χ3v) is 7.16. The highest BCUT2D eigenvalue weighted by Crippen LogP contribution is 2.36. The lowest BCUT2D eigenvalue weighted by Crippen LogP contribution is -2.20. The van der Waals surface area contributed by atoms with Crippen LogP contribution < -0.4 is 15.0 Å². The average molecular weight is 506 g/mol. The predicted molar refractivity (Wildman–Crippen MR) is 134 cm³/mol. The minimum Gasteiger partial charge on any atom is -0.495 e. The summed E-state index contributed by atoms with van der Waals surface area (Å²) in [5.41, 5.74) is 1.43. The smallest absolute Gasteiger partial charge is 0.263 e. The van der Waals surface area contributed by atoms with Crippen LogP contribution in [0.5, 0.6) is 5.75 Å². The van der Waals surface area contributed by atoms with Crippen molar-refractivity contribution >= 4 is 26.7 Å². The summed E-state index contributed by atoms with van der Waals surface area (Å²) in [5.74, 6) is -0.155. The lowest BCUT2D eigenvalue weighted by Gasteiger charge is -2.19. The first-order valence-electron chi connectivity index (χ1n) is 10.8. The maximum Gasteiger partial charge on any atom is 0.263 e. The van der Waals surface area contributed by atoms with Crippen LogP contribution in [-0.4, -0.2) is 25.3 Å². The Morgan fingerprint density at radius 1 is 1.03 bits per heavy atom. The molecule has 0 aliphatic rings. The van der Waals surface area contributed by atoms with E-state index in [2.05, 4.69) is 14.4 Å². The second kappa shape index (κ2) is 8.97. The number of nitrogens with one attached hydrogen (secondary N) is 1. The van der Waals surface area contributed by atoms with Crippen molar-refractivity contribution in [1.82, 2.24) is 9.72 Å². The van der Waals surface area contributed by atoms with Crippen LogP contribution in [0.25, 0.3) is 27.7 Å². The number of sulfonamides is 1. The molecule has 5 rings (SSSR count). The Labute approximate surface area is 205 Å². The van der Waals surface area contributed by atoms with Crippen LogP contribution in [0.2, 0.25) is 0 Å². The van der Waals surface area contributed by atoms with E-state index in [1.165, 1.54) is 54.3 Å². The van der Waals surface area contributed by atoms with Gasteiger partial charge in [-0.1, -0.05) is 35.5 Å². The van der Waals surface area contributed by atoms with Gasteiger partial charge in [-0.3, -0.25) is 14.1 Å². The van der Waals surface area contributed by atoms with E-state index < -0.39 is 21.4 Å². The third-order valence-electron chi connectivity index (χ3n) is 5.81. The first-order chi connectivity index (χ1) is 17.3. The molecule has 10 heteroatoms. The van der Waals surface area contributed by atoms with E-state index in [9.17, 15) is 13.2 Å². The van der Waals surface area contributed by atoms with Gasteiger partial charge in [-0.05, 0) is 42.8 Å². The number of aromatic nitrogens is 2. The minimum absolute atomic E-state index is 0.0365. The molecule has 2 heterocycles. The molecule has 0 aliphatic carbocycles. The van der Waals surface area contributed by atoms with Gasteiger partial charge in [0.25, 0.3) is 15.6 Å². The average Bonchev–Trinajstić information content (AvgIpc) is 3.38. The van der Waals surface area contributed by atoms with Gasteiger partial charge in [0, 0.05) is 28.6 Å². The molecule has 0 amide bonds. The molecule has 36 heavy (non-hydrogen) atoms. The summed E-state index contributed by atoms with van der Waals surface area (Å²) < 4.78 is 55.1. The molecule has 0 atom stereocenters. The SMILES string of the molecule is COc1cc(-c2ccccc2)c(F)c(C)c1-n1c(=O)ccc2cc(S(=O)(=O)Nc3ccon3)ccc21. The second-order valence-electron chi connectivity index (χ2n) is 8.00. The summed E-state index contributed by atoms with van der Waals surface area (Å²) >= 11 is 0. The molecule has 182 valence electrons. The minimum atomic E-state index is -3.97. The van der Waals surface area contributed by atoms with E-state index in [0.29, 0.717) is 27.8 Å². The van der Waals surface area contributed by atoms with Crippen LogP contribution in [-0.2, 0) is 10.0 Å². The molecule has 0 unspecified atom stereocenters. The van der Waals surface area contributed by atoms with E-state index in [0.717, 1.165) is 0 Å². The first-order valence-corrected chi connectivity index (χ1v) is 12.3. The Balaban J connectivity index is 1.69. The van der Waals surface area contributed by atoms with Gasteiger partial charge < -0.3 is 9.26 Å². The normalized spacial score (nSPS) is 11.5. The number of pyridine rings is 1. The number of hydrogen-bond acceptors (Lipinski definition) is 6. The van der Waals surface area contributed by atoms with Crippen molar-refractivity contribution in [2.45, 2.75) is 11.8 Å². The van der Waals surface area contributed by atoms with E-state index in [-0.39, 0.29) is 22.0 Å². The highest BCUT2D eigenvalue weighted by atomic mass is 32.2. The molecule has 0 radical (unpaired) electrons. The highest BCUT2D eigenvalue weighted by molar-refractivity contribution is 7.92. The number of hydrogen-bond donors (Lipinski definition) is 1. The molecule has 0 aliphatic heterocycles. The Hall–Kier alpha value is -4.44. The third kappa shape index (κ3) is 4.01.